The predicted molar refractivity (Wildman–Crippen MR) is 119 cm³/mol. The first-order chi connectivity index (χ1) is 14.5. The van der Waals surface area contributed by atoms with Gasteiger partial charge >= 0.3 is 0 Å². The quantitative estimate of drug-likeness (QED) is 0.553. The van der Waals surface area contributed by atoms with E-state index in [1.54, 1.807) is 0 Å². The molecule has 4 rings (SSSR count). The van der Waals surface area contributed by atoms with Gasteiger partial charge in [-0.1, -0.05) is 42.5 Å². The van der Waals surface area contributed by atoms with Gasteiger partial charge in [-0.25, -0.2) is 0 Å². The third-order valence-electron chi connectivity index (χ3n) is 5.51. The molecule has 6 nitrogen and oxygen atoms in total. The molecule has 0 radical (unpaired) electrons. The Kier molecular flexibility index (Phi) is 5.23. The normalized spacial score (nSPS) is 11.0. The molecule has 0 spiro atoms. The van der Waals surface area contributed by atoms with E-state index in [9.17, 15) is 9.59 Å². The van der Waals surface area contributed by atoms with E-state index in [4.69, 9.17) is 0 Å². The van der Waals surface area contributed by atoms with Gasteiger partial charge in [-0.15, -0.1) is 0 Å². The van der Waals surface area contributed by atoms with Crippen LogP contribution in [0.4, 0.5) is 5.69 Å². The van der Waals surface area contributed by atoms with E-state index in [1.807, 2.05) is 86.1 Å². The fourth-order valence-corrected chi connectivity index (χ4v) is 3.68. The molecule has 4 aromatic rings. The Hall–Kier alpha value is -3.67. The van der Waals surface area contributed by atoms with Gasteiger partial charge in [0.25, 0.3) is 5.56 Å². The molecule has 0 aliphatic heterocycles. The second kappa shape index (κ2) is 7.99. The van der Waals surface area contributed by atoms with Gasteiger partial charge in [-0.2, -0.15) is 9.61 Å². The van der Waals surface area contributed by atoms with Crippen molar-refractivity contribution in [1.82, 2.24) is 14.2 Å². The molecule has 1 amide bonds. The van der Waals surface area contributed by atoms with Crippen LogP contribution in [0.25, 0.3) is 16.9 Å². The van der Waals surface area contributed by atoms with Crippen molar-refractivity contribution < 1.29 is 4.79 Å². The third kappa shape index (κ3) is 3.64. The van der Waals surface area contributed by atoms with Crippen molar-refractivity contribution in [2.24, 2.45) is 7.05 Å². The van der Waals surface area contributed by atoms with Crippen LogP contribution in [0.1, 0.15) is 23.2 Å². The van der Waals surface area contributed by atoms with E-state index in [1.165, 1.54) is 4.52 Å². The largest absolute Gasteiger partial charge is 0.333 e. The molecule has 0 unspecified atom stereocenters. The molecule has 0 atom stereocenters. The number of para-hydroxylation sites is 1. The molecule has 0 bridgehead atoms. The van der Waals surface area contributed by atoms with Gasteiger partial charge in [0.15, 0.2) is 0 Å². The summed E-state index contributed by atoms with van der Waals surface area (Å²) in [4.78, 5) is 25.5. The number of nitrogens with one attached hydrogen (secondary N) is 1. The fourth-order valence-electron chi connectivity index (χ4n) is 3.68. The highest BCUT2D eigenvalue weighted by atomic mass is 16.1. The molecular formula is C24H24N4O2. The average Bonchev–Trinajstić information content (AvgIpc) is 3.19. The van der Waals surface area contributed by atoms with E-state index in [-0.39, 0.29) is 17.9 Å². The summed E-state index contributed by atoms with van der Waals surface area (Å²) in [7, 11) is 1.92. The molecule has 0 aliphatic rings. The van der Waals surface area contributed by atoms with Crippen molar-refractivity contribution in [3.8, 4) is 11.3 Å². The van der Waals surface area contributed by atoms with Crippen LogP contribution < -0.4 is 10.9 Å². The second-order valence-electron chi connectivity index (χ2n) is 7.46. The van der Waals surface area contributed by atoms with Crippen LogP contribution >= 0.6 is 0 Å². The standard InChI is InChI=1S/C24H24N4O2/c1-16-9-7-8-12-19(16)21-15-23-27(3)17(2)20(24(30)28(23)26-21)13-14-22(29)25-18-10-5-4-6-11-18/h4-12,15H,13-14H2,1-3H3,(H,25,29). The molecule has 2 aromatic heterocycles. The number of carbonyl (C=O) groups excluding carboxylic acids is 1. The lowest BCUT2D eigenvalue weighted by molar-refractivity contribution is -0.116. The first-order valence-corrected chi connectivity index (χ1v) is 9.95. The van der Waals surface area contributed by atoms with Crippen molar-refractivity contribution in [3.63, 3.8) is 0 Å². The first-order valence-electron chi connectivity index (χ1n) is 9.95. The number of anilines is 1. The van der Waals surface area contributed by atoms with Crippen LogP contribution in [-0.2, 0) is 18.3 Å². The molecule has 30 heavy (non-hydrogen) atoms. The number of aryl methyl sites for hydroxylation is 2. The van der Waals surface area contributed by atoms with E-state index in [0.29, 0.717) is 12.0 Å². The van der Waals surface area contributed by atoms with Gasteiger partial charge in [0.05, 0.1) is 5.69 Å². The Morgan fingerprint density at radius 1 is 1.03 bits per heavy atom. The molecule has 1 N–H and O–H groups in total. The molecule has 152 valence electrons. The molecule has 2 heterocycles. The maximum Gasteiger partial charge on any atom is 0.277 e. The van der Waals surface area contributed by atoms with Crippen LogP contribution in [0.15, 0.2) is 65.5 Å². The summed E-state index contributed by atoms with van der Waals surface area (Å²) in [5.41, 5.74) is 5.62. The van der Waals surface area contributed by atoms with Gasteiger partial charge in [-0.05, 0) is 38.0 Å². The number of rotatable bonds is 5. The summed E-state index contributed by atoms with van der Waals surface area (Å²) in [6, 6.07) is 19.2. The second-order valence-corrected chi connectivity index (χ2v) is 7.46. The highest BCUT2D eigenvalue weighted by molar-refractivity contribution is 5.90. The minimum atomic E-state index is -0.173. The van der Waals surface area contributed by atoms with E-state index in [0.717, 1.165) is 33.8 Å². The zero-order chi connectivity index (χ0) is 21.3. The summed E-state index contributed by atoms with van der Waals surface area (Å²) < 4.78 is 3.40. The molecule has 0 fully saturated rings. The summed E-state index contributed by atoms with van der Waals surface area (Å²) >= 11 is 0. The highest BCUT2D eigenvalue weighted by Crippen LogP contribution is 2.23. The van der Waals surface area contributed by atoms with E-state index in [2.05, 4.69) is 10.4 Å². The number of fused-ring (bicyclic) bond motifs is 1. The Balaban J connectivity index is 1.65. The lowest BCUT2D eigenvalue weighted by Gasteiger charge is -2.12. The first kappa shape index (κ1) is 19.6. The minimum Gasteiger partial charge on any atom is -0.333 e. The van der Waals surface area contributed by atoms with Crippen molar-refractivity contribution in [1.29, 1.82) is 0 Å². The summed E-state index contributed by atoms with van der Waals surface area (Å²) in [6.45, 7) is 3.94. The van der Waals surface area contributed by atoms with Crippen LogP contribution in [0.3, 0.4) is 0 Å². The van der Waals surface area contributed by atoms with Crippen LogP contribution in [0, 0.1) is 13.8 Å². The van der Waals surface area contributed by atoms with Crippen molar-refractivity contribution in [2.75, 3.05) is 5.32 Å². The van der Waals surface area contributed by atoms with Crippen LogP contribution in [0.2, 0.25) is 0 Å². The lowest BCUT2D eigenvalue weighted by atomic mass is 10.1. The zero-order valence-electron chi connectivity index (χ0n) is 17.3. The van der Waals surface area contributed by atoms with Crippen LogP contribution in [-0.4, -0.2) is 20.1 Å². The topological polar surface area (TPSA) is 68.4 Å². The van der Waals surface area contributed by atoms with Gasteiger partial charge in [0, 0.05) is 42.0 Å². The monoisotopic (exact) mass is 400 g/mol. The fraction of sp³-hybridized carbons (Fsp3) is 0.208. The summed E-state index contributed by atoms with van der Waals surface area (Å²) in [5.74, 6) is -0.121. The Bertz CT molecular complexity index is 1290. The highest BCUT2D eigenvalue weighted by Gasteiger charge is 2.17. The number of benzene rings is 2. The van der Waals surface area contributed by atoms with E-state index < -0.39 is 0 Å². The molecule has 0 saturated heterocycles. The molecular weight excluding hydrogens is 376 g/mol. The summed E-state index contributed by atoms with van der Waals surface area (Å²) in [5, 5.41) is 7.45. The molecule has 2 aromatic carbocycles. The third-order valence-corrected chi connectivity index (χ3v) is 5.51. The van der Waals surface area contributed by atoms with Gasteiger partial charge in [-0.3, -0.25) is 9.59 Å². The predicted octanol–water partition coefficient (Wildman–Crippen LogP) is 3.89. The van der Waals surface area contributed by atoms with Gasteiger partial charge < -0.3 is 9.88 Å². The van der Waals surface area contributed by atoms with E-state index >= 15 is 0 Å². The van der Waals surface area contributed by atoms with Gasteiger partial charge in [0.1, 0.15) is 5.65 Å². The maximum atomic E-state index is 13.2. The number of hydrogen-bond donors (Lipinski definition) is 1. The molecule has 0 saturated carbocycles. The molecule has 0 aliphatic carbocycles. The maximum absolute atomic E-state index is 13.2. The lowest BCUT2D eigenvalue weighted by Crippen LogP contribution is -2.26. The average molecular weight is 400 g/mol. The minimum absolute atomic E-state index is 0.121. The Morgan fingerprint density at radius 2 is 1.73 bits per heavy atom. The van der Waals surface area contributed by atoms with Gasteiger partial charge in [0.2, 0.25) is 5.91 Å². The Labute approximate surface area is 174 Å². The van der Waals surface area contributed by atoms with Crippen LogP contribution in [0.5, 0.6) is 0 Å². The summed E-state index contributed by atoms with van der Waals surface area (Å²) in [6.07, 6.45) is 0.578. The number of carbonyl (C=O) groups is 1. The number of hydrogen-bond acceptors (Lipinski definition) is 3. The smallest absolute Gasteiger partial charge is 0.277 e. The van der Waals surface area contributed by atoms with Crippen molar-refractivity contribution in [2.45, 2.75) is 26.7 Å². The van der Waals surface area contributed by atoms with Crippen molar-refractivity contribution >= 4 is 17.2 Å². The number of nitrogens with zero attached hydrogens (tertiary/aromatic N) is 3. The molecule has 6 heteroatoms. The number of amides is 1. The SMILES string of the molecule is Cc1ccccc1-c1cc2n(C)c(C)c(CCC(=O)Nc3ccccc3)c(=O)n2n1. The Morgan fingerprint density at radius 3 is 2.47 bits per heavy atom. The zero-order valence-corrected chi connectivity index (χ0v) is 17.3. The number of aromatic nitrogens is 3. The van der Waals surface area contributed by atoms with Crippen molar-refractivity contribution in [3.05, 3.63) is 87.8 Å².